The van der Waals surface area contributed by atoms with Crippen LogP contribution in [0.4, 0.5) is 4.39 Å². The largest absolute Gasteiger partial charge is 0.275 e. The Hall–Kier alpha value is -1.42. The molecular formula is C15H22FNO2. The second-order valence-corrected chi connectivity index (χ2v) is 4.83. The van der Waals surface area contributed by atoms with E-state index in [1.165, 1.54) is 12.2 Å². The number of benzene rings is 1. The topological polar surface area (TPSA) is 29.5 Å². The molecule has 0 heterocycles. The summed E-state index contributed by atoms with van der Waals surface area (Å²) in [6.07, 6.45) is 1.76. The SMILES string of the molecule is CON(C)C(=O)C(C)(CCCCF)c1ccccc1. The first-order valence-electron chi connectivity index (χ1n) is 6.50. The van der Waals surface area contributed by atoms with Crippen LogP contribution in [0.15, 0.2) is 30.3 Å². The maximum atomic E-state index is 12.5. The van der Waals surface area contributed by atoms with Gasteiger partial charge >= 0.3 is 0 Å². The first kappa shape index (κ1) is 15.6. The highest BCUT2D eigenvalue weighted by Gasteiger charge is 2.37. The van der Waals surface area contributed by atoms with Crippen LogP contribution in [0, 0.1) is 0 Å². The maximum Gasteiger partial charge on any atom is 0.256 e. The number of hydrogen-bond acceptors (Lipinski definition) is 2. The molecule has 0 aliphatic heterocycles. The third-order valence-electron chi connectivity index (χ3n) is 3.50. The highest BCUT2D eigenvalue weighted by molar-refractivity contribution is 5.86. The number of alkyl halides is 1. The van der Waals surface area contributed by atoms with Gasteiger partial charge in [0, 0.05) is 7.05 Å². The summed E-state index contributed by atoms with van der Waals surface area (Å²) in [4.78, 5) is 17.5. The fourth-order valence-electron chi connectivity index (χ4n) is 2.18. The standard InChI is InChI=1S/C15H22FNO2/c1-15(11-7-8-12-16,14(18)17(2)19-3)13-9-5-4-6-10-13/h4-6,9-10H,7-8,11-12H2,1-3H3. The monoisotopic (exact) mass is 267 g/mol. The van der Waals surface area contributed by atoms with Crippen molar-refractivity contribution in [3.8, 4) is 0 Å². The van der Waals surface area contributed by atoms with Gasteiger partial charge in [0.25, 0.3) is 5.91 Å². The van der Waals surface area contributed by atoms with Gasteiger partial charge in [-0.15, -0.1) is 0 Å². The van der Waals surface area contributed by atoms with Crippen molar-refractivity contribution in [3.05, 3.63) is 35.9 Å². The van der Waals surface area contributed by atoms with Crippen LogP contribution >= 0.6 is 0 Å². The zero-order chi connectivity index (χ0) is 14.3. The Morgan fingerprint density at radius 2 is 1.95 bits per heavy atom. The summed E-state index contributed by atoms with van der Waals surface area (Å²) >= 11 is 0. The first-order chi connectivity index (χ1) is 9.06. The number of likely N-dealkylation sites (N-methyl/N-ethyl adjacent to an activating group) is 1. The molecule has 1 amide bonds. The molecule has 0 fully saturated rings. The Bertz CT molecular complexity index is 396. The molecule has 106 valence electrons. The van der Waals surface area contributed by atoms with Gasteiger partial charge < -0.3 is 0 Å². The second-order valence-electron chi connectivity index (χ2n) is 4.83. The van der Waals surface area contributed by atoms with Crippen LogP contribution < -0.4 is 0 Å². The Morgan fingerprint density at radius 1 is 1.32 bits per heavy atom. The zero-order valence-electron chi connectivity index (χ0n) is 11.9. The molecule has 0 bridgehead atoms. The quantitative estimate of drug-likeness (QED) is 0.561. The van der Waals surface area contributed by atoms with Gasteiger partial charge in [0.1, 0.15) is 0 Å². The van der Waals surface area contributed by atoms with Gasteiger partial charge in [-0.1, -0.05) is 30.3 Å². The first-order valence-corrected chi connectivity index (χ1v) is 6.50. The number of halogens is 1. The Balaban J connectivity index is 2.99. The fraction of sp³-hybridized carbons (Fsp3) is 0.533. The van der Waals surface area contributed by atoms with Crippen LogP contribution in [-0.2, 0) is 15.0 Å². The van der Waals surface area contributed by atoms with Crippen molar-refractivity contribution in [2.75, 3.05) is 20.8 Å². The van der Waals surface area contributed by atoms with Crippen molar-refractivity contribution in [2.24, 2.45) is 0 Å². The maximum absolute atomic E-state index is 12.5. The Morgan fingerprint density at radius 3 is 2.47 bits per heavy atom. The molecule has 1 unspecified atom stereocenters. The van der Waals surface area contributed by atoms with Gasteiger partial charge in [-0.3, -0.25) is 14.0 Å². The van der Waals surface area contributed by atoms with E-state index in [1.54, 1.807) is 7.05 Å². The van der Waals surface area contributed by atoms with Crippen LogP contribution in [0.1, 0.15) is 31.7 Å². The summed E-state index contributed by atoms with van der Waals surface area (Å²) in [5, 5.41) is 1.24. The van der Waals surface area contributed by atoms with Crippen molar-refractivity contribution < 1.29 is 14.0 Å². The normalized spacial score (nSPS) is 13.9. The van der Waals surface area contributed by atoms with E-state index in [0.29, 0.717) is 19.3 Å². The van der Waals surface area contributed by atoms with Crippen LogP contribution in [0.2, 0.25) is 0 Å². The van der Waals surface area contributed by atoms with E-state index in [2.05, 4.69) is 0 Å². The molecule has 3 nitrogen and oxygen atoms in total. The van der Waals surface area contributed by atoms with Crippen molar-refractivity contribution >= 4 is 5.91 Å². The van der Waals surface area contributed by atoms with E-state index in [1.807, 2.05) is 37.3 Å². The van der Waals surface area contributed by atoms with Gasteiger partial charge in [-0.2, -0.15) is 0 Å². The number of unbranched alkanes of at least 4 members (excludes halogenated alkanes) is 1. The minimum atomic E-state index is -0.679. The van der Waals surface area contributed by atoms with Gasteiger partial charge in [-0.25, -0.2) is 5.06 Å². The van der Waals surface area contributed by atoms with E-state index in [-0.39, 0.29) is 12.6 Å². The molecule has 0 aromatic heterocycles. The number of hydrogen-bond donors (Lipinski definition) is 0. The van der Waals surface area contributed by atoms with Crippen LogP contribution in [0.3, 0.4) is 0 Å². The van der Waals surface area contributed by atoms with E-state index < -0.39 is 5.41 Å². The highest BCUT2D eigenvalue weighted by atomic mass is 19.1. The molecular weight excluding hydrogens is 245 g/mol. The van der Waals surface area contributed by atoms with E-state index in [4.69, 9.17) is 4.84 Å². The number of amides is 1. The minimum Gasteiger partial charge on any atom is -0.275 e. The van der Waals surface area contributed by atoms with Crippen molar-refractivity contribution in [2.45, 2.75) is 31.6 Å². The predicted molar refractivity (Wildman–Crippen MR) is 73.4 cm³/mol. The summed E-state index contributed by atoms with van der Waals surface area (Å²) in [6.45, 7) is 1.54. The minimum absolute atomic E-state index is 0.111. The van der Waals surface area contributed by atoms with Crippen molar-refractivity contribution in [3.63, 3.8) is 0 Å². The molecule has 0 saturated carbocycles. The smallest absolute Gasteiger partial charge is 0.256 e. The summed E-state index contributed by atoms with van der Waals surface area (Å²) in [6, 6.07) is 9.58. The number of carbonyl (C=O) groups excluding carboxylic acids is 1. The molecule has 0 aliphatic rings. The van der Waals surface area contributed by atoms with Gasteiger partial charge in [0.15, 0.2) is 0 Å². The van der Waals surface area contributed by atoms with E-state index >= 15 is 0 Å². The summed E-state index contributed by atoms with van der Waals surface area (Å²) in [5.74, 6) is -0.111. The van der Waals surface area contributed by atoms with E-state index in [9.17, 15) is 9.18 Å². The summed E-state index contributed by atoms with van der Waals surface area (Å²) in [7, 11) is 3.06. The molecule has 0 aliphatic carbocycles. The molecule has 19 heavy (non-hydrogen) atoms. The zero-order valence-corrected chi connectivity index (χ0v) is 11.9. The van der Waals surface area contributed by atoms with Crippen molar-refractivity contribution in [1.82, 2.24) is 5.06 Å². The predicted octanol–water partition coefficient (Wildman–Crippen LogP) is 3.10. The van der Waals surface area contributed by atoms with Gasteiger partial charge in [0.05, 0.1) is 19.2 Å². The average molecular weight is 267 g/mol. The molecule has 0 N–H and O–H groups in total. The molecule has 1 atom stereocenters. The molecule has 1 aromatic carbocycles. The van der Waals surface area contributed by atoms with Gasteiger partial charge in [0.2, 0.25) is 0 Å². The number of hydroxylamine groups is 2. The lowest BCUT2D eigenvalue weighted by molar-refractivity contribution is -0.175. The second kappa shape index (κ2) is 7.24. The number of nitrogens with zero attached hydrogens (tertiary/aromatic N) is 1. The summed E-state index contributed by atoms with van der Waals surface area (Å²) < 4.78 is 12.3. The Labute approximate surface area is 114 Å². The molecule has 1 rings (SSSR count). The lowest BCUT2D eigenvalue weighted by atomic mass is 9.77. The highest BCUT2D eigenvalue weighted by Crippen LogP contribution is 2.31. The number of rotatable bonds is 7. The van der Waals surface area contributed by atoms with Crippen LogP contribution in [0.5, 0.6) is 0 Å². The lowest BCUT2D eigenvalue weighted by Gasteiger charge is -2.32. The third-order valence-corrected chi connectivity index (χ3v) is 3.50. The molecule has 0 spiro atoms. The van der Waals surface area contributed by atoms with Crippen molar-refractivity contribution in [1.29, 1.82) is 0 Å². The molecule has 1 aromatic rings. The Kier molecular flexibility index (Phi) is 5.96. The van der Waals surface area contributed by atoms with Crippen LogP contribution in [-0.4, -0.2) is 31.8 Å². The molecule has 4 heteroatoms. The third kappa shape index (κ3) is 3.77. The van der Waals surface area contributed by atoms with E-state index in [0.717, 1.165) is 5.56 Å². The lowest BCUT2D eigenvalue weighted by Crippen LogP contribution is -2.43. The molecule has 0 radical (unpaired) electrons. The molecule has 0 saturated heterocycles. The van der Waals surface area contributed by atoms with Gasteiger partial charge in [-0.05, 0) is 31.7 Å². The summed E-state index contributed by atoms with van der Waals surface area (Å²) in [5.41, 5.74) is 0.254. The number of carbonyl (C=O) groups is 1. The fourth-order valence-corrected chi connectivity index (χ4v) is 2.18. The average Bonchev–Trinajstić information content (AvgIpc) is 2.46. The van der Waals surface area contributed by atoms with Crippen LogP contribution in [0.25, 0.3) is 0 Å².